The maximum absolute atomic E-state index is 4.16. The van der Waals surface area contributed by atoms with Crippen LogP contribution in [-0.4, -0.2) is 19.5 Å². The molecule has 0 bridgehead atoms. The fourth-order valence-corrected chi connectivity index (χ4v) is 1.06. The van der Waals surface area contributed by atoms with E-state index in [-0.39, 0.29) is 0 Å². The lowest BCUT2D eigenvalue weighted by Crippen LogP contribution is -1.90. The zero-order valence-corrected chi connectivity index (χ0v) is 6.44. The van der Waals surface area contributed by atoms with Crippen LogP contribution in [0.15, 0.2) is 12.7 Å². The third kappa shape index (κ3) is 0.790. The number of hydrogen-bond acceptors (Lipinski definition) is 3. The Hall–Kier alpha value is -1.45. The Morgan fingerprint density at radius 3 is 2.82 bits per heavy atom. The minimum absolute atomic E-state index is 0.884. The van der Waals surface area contributed by atoms with Gasteiger partial charge in [-0.1, -0.05) is 0 Å². The molecule has 0 amide bonds. The molecule has 2 aromatic rings. The summed E-state index contributed by atoms with van der Waals surface area (Å²) in [6.45, 7) is 1.93. The molecular formula is C7H8N4. The van der Waals surface area contributed by atoms with Gasteiger partial charge in [0.05, 0.1) is 12.0 Å². The Labute approximate surface area is 63.9 Å². The SMILES string of the molecule is Cc1ncnc2c1ncn2C. The lowest BCUT2D eigenvalue weighted by atomic mass is 10.4. The number of fused-ring (bicyclic) bond motifs is 1. The van der Waals surface area contributed by atoms with Crippen molar-refractivity contribution in [3.05, 3.63) is 18.3 Å². The van der Waals surface area contributed by atoms with Crippen LogP contribution in [0, 0.1) is 6.92 Å². The molecule has 2 heterocycles. The lowest BCUT2D eigenvalue weighted by molar-refractivity contribution is 0.927. The average Bonchev–Trinajstić information content (AvgIpc) is 2.35. The highest BCUT2D eigenvalue weighted by Crippen LogP contribution is 2.09. The topological polar surface area (TPSA) is 43.6 Å². The van der Waals surface area contributed by atoms with Crippen molar-refractivity contribution in [2.24, 2.45) is 7.05 Å². The van der Waals surface area contributed by atoms with Crippen LogP contribution in [-0.2, 0) is 7.05 Å². The number of rotatable bonds is 0. The van der Waals surface area contributed by atoms with E-state index in [1.54, 1.807) is 12.7 Å². The molecule has 0 aliphatic heterocycles. The van der Waals surface area contributed by atoms with Gasteiger partial charge in [-0.05, 0) is 6.92 Å². The van der Waals surface area contributed by atoms with Crippen LogP contribution in [0.4, 0.5) is 0 Å². The maximum Gasteiger partial charge on any atom is 0.163 e. The molecule has 0 radical (unpaired) electrons. The minimum atomic E-state index is 0.884. The molecule has 0 spiro atoms. The predicted molar refractivity (Wildman–Crippen MR) is 41.0 cm³/mol. The van der Waals surface area contributed by atoms with E-state index < -0.39 is 0 Å². The Bertz CT molecular complexity index is 390. The van der Waals surface area contributed by atoms with Crippen LogP contribution >= 0.6 is 0 Å². The van der Waals surface area contributed by atoms with Gasteiger partial charge in [0.15, 0.2) is 5.65 Å². The second kappa shape index (κ2) is 2.02. The average molecular weight is 148 g/mol. The zero-order chi connectivity index (χ0) is 7.84. The molecular weight excluding hydrogens is 140 g/mol. The van der Waals surface area contributed by atoms with E-state index in [1.807, 2.05) is 18.5 Å². The monoisotopic (exact) mass is 148 g/mol. The first-order valence-corrected chi connectivity index (χ1v) is 3.37. The van der Waals surface area contributed by atoms with Crippen molar-refractivity contribution in [2.75, 3.05) is 0 Å². The molecule has 56 valence electrons. The Kier molecular flexibility index (Phi) is 1.15. The van der Waals surface area contributed by atoms with Gasteiger partial charge in [0.2, 0.25) is 0 Å². The van der Waals surface area contributed by atoms with E-state index in [0.29, 0.717) is 0 Å². The standard InChI is InChI=1S/C7H8N4/c1-5-6-7(9-3-8-5)11(2)4-10-6/h3-4H,1-2H3. The van der Waals surface area contributed by atoms with Crippen LogP contribution in [0.2, 0.25) is 0 Å². The highest BCUT2D eigenvalue weighted by molar-refractivity contribution is 5.72. The van der Waals surface area contributed by atoms with Gasteiger partial charge < -0.3 is 4.57 Å². The van der Waals surface area contributed by atoms with E-state index in [2.05, 4.69) is 15.0 Å². The molecule has 0 aliphatic carbocycles. The van der Waals surface area contributed by atoms with E-state index in [1.165, 1.54) is 0 Å². The number of aromatic nitrogens is 4. The van der Waals surface area contributed by atoms with Crippen molar-refractivity contribution in [1.82, 2.24) is 19.5 Å². The van der Waals surface area contributed by atoms with E-state index >= 15 is 0 Å². The van der Waals surface area contributed by atoms with Gasteiger partial charge in [-0.15, -0.1) is 0 Å². The quantitative estimate of drug-likeness (QED) is 0.551. The van der Waals surface area contributed by atoms with Crippen LogP contribution < -0.4 is 0 Å². The summed E-state index contributed by atoms with van der Waals surface area (Å²) < 4.78 is 1.88. The van der Waals surface area contributed by atoms with Gasteiger partial charge in [-0.2, -0.15) is 0 Å². The summed E-state index contributed by atoms with van der Waals surface area (Å²) in [4.78, 5) is 12.3. The summed E-state index contributed by atoms with van der Waals surface area (Å²) in [5, 5.41) is 0. The molecule has 0 N–H and O–H groups in total. The van der Waals surface area contributed by atoms with Crippen molar-refractivity contribution >= 4 is 11.2 Å². The van der Waals surface area contributed by atoms with Gasteiger partial charge in [0, 0.05) is 7.05 Å². The normalized spacial score (nSPS) is 10.7. The molecule has 4 heteroatoms. The molecule has 4 nitrogen and oxygen atoms in total. The third-order valence-corrected chi connectivity index (χ3v) is 1.68. The molecule has 2 rings (SSSR count). The van der Waals surface area contributed by atoms with Gasteiger partial charge in [-0.25, -0.2) is 15.0 Å². The van der Waals surface area contributed by atoms with Gasteiger partial charge in [0.1, 0.15) is 11.8 Å². The summed E-state index contributed by atoms with van der Waals surface area (Å²) >= 11 is 0. The van der Waals surface area contributed by atoms with Gasteiger partial charge in [-0.3, -0.25) is 0 Å². The summed E-state index contributed by atoms with van der Waals surface area (Å²) in [5.41, 5.74) is 2.70. The number of imidazole rings is 1. The summed E-state index contributed by atoms with van der Waals surface area (Å²) in [6.07, 6.45) is 3.30. The van der Waals surface area contributed by atoms with E-state index in [0.717, 1.165) is 16.9 Å². The van der Waals surface area contributed by atoms with Gasteiger partial charge >= 0.3 is 0 Å². The number of nitrogens with zero attached hydrogens (tertiary/aromatic N) is 4. The van der Waals surface area contributed by atoms with E-state index in [9.17, 15) is 0 Å². The molecule has 2 aromatic heterocycles. The molecule has 11 heavy (non-hydrogen) atoms. The lowest BCUT2D eigenvalue weighted by Gasteiger charge is -1.92. The molecule has 0 saturated carbocycles. The number of aryl methyl sites for hydroxylation is 2. The first-order valence-electron chi connectivity index (χ1n) is 3.37. The van der Waals surface area contributed by atoms with Gasteiger partial charge in [0.25, 0.3) is 0 Å². The van der Waals surface area contributed by atoms with Crippen LogP contribution in [0.3, 0.4) is 0 Å². The first-order chi connectivity index (χ1) is 5.29. The van der Waals surface area contributed by atoms with Crippen molar-refractivity contribution in [3.8, 4) is 0 Å². The van der Waals surface area contributed by atoms with Crippen molar-refractivity contribution in [1.29, 1.82) is 0 Å². The fraction of sp³-hybridized carbons (Fsp3) is 0.286. The highest BCUT2D eigenvalue weighted by Gasteiger charge is 2.02. The highest BCUT2D eigenvalue weighted by atomic mass is 15.1. The Morgan fingerprint density at radius 1 is 1.27 bits per heavy atom. The smallest absolute Gasteiger partial charge is 0.163 e. The fourth-order valence-electron chi connectivity index (χ4n) is 1.06. The molecule has 0 saturated heterocycles. The van der Waals surface area contributed by atoms with Crippen molar-refractivity contribution in [3.63, 3.8) is 0 Å². The maximum atomic E-state index is 4.16. The second-order valence-electron chi connectivity index (χ2n) is 2.49. The zero-order valence-electron chi connectivity index (χ0n) is 6.44. The van der Waals surface area contributed by atoms with Crippen molar-refractivity contribution in [2.45, 2.75) is 6.92 Å². The largest absolute Gasteiger partial charge is 0.318 e. The Balaban J connectivity index is 2.94. The van der Waals surface area contributed by atoms with Crippen LogP contribution in [0.25, 0.3) is 11.2 Å². The van der Waals surface area contributed by atoms with Crippen LogP contribution in [0.1, 0.15) is 5.69 Å². The summed E-state index contributed by atoms with van der Waals surface area (Å²) in [5.74, 6) is 0. The molecule has 0 aliphatic rings. The molecule has 0 aromatic carbocycles. The van der Waals surface area contributed by atoms with Crippen LogP contribution in [0.5, 0.6) is 0 Å². The predicted octanol–water partition coefficient (Wildman–Crippen LogP) is 0.672. The first kappa shape index (κ1) is 6.27. The van der Waals surface area contributed by atoms with E-state index in [4.69, 9.17) is 0 Å². The minimum Gasteiger partial charge on any atom is -0.318 e. The Morgan fingerprint density at radius 2 is 2.09 bits per heavy atom. The van der Waals surface area contributed by atoms with Crippen molar-refractivity contribution < 1.29 is 0 Å². The summed E-state index contributed by atoms with van der Waals surface area (Å²) in [7, 11) is 1.92. The molecule has 0 unspecified atom stereocenters. The molecule has 0 atom stereocenters. The second-order valence-corrected chi connectivity index (χ2v) is 2.49. The third-order valence-electron chi connectivity index (χ3n) is 1.68. The molecule has 0 fully saturated rings. The summed E-state index contributed by atoms with van der Waals surface area (Å²) in [6, 6.07) is 0. The number of hydrogen-bond donors (Lipinski definition) is 0.